The van der Waals surface area contributed by atoms with Gasteiger partial charge in [0.25, 0.3) is 0 Å². The maximum Gasteiger partial charge on any atom is 0.309 e. The second-order valence-electron chi connectivity index (χ2n) is 9.42. The molecule has 0 amide bonds. The van der Waals surface area contributed by atoms with Gasteiger partial charge in [0, 0.05) is 18.6 Å². The quantitative estimate of drug-likeness (QED) is 0.803. The highest BCUT2D eigenvalue weighted by atomic mass is 16.5. The van der Waals surface area contributed by atoms with Crippen LogP contribution in [-0.2, 0) is 14.3 Å². The largest absolute Gasteiger partial charge is 0.481 e. The second kappa shape index (κ2) is 6.16. The molecule has 0 unspecified atom stereocenters. The third-order valence-electron chi connectivity index (χ3n) is 7.81. The minimum atomic E-state index is -0.978. The fourth-order valence-corrected chi connectivity index (χ4v) is 6.10. The molecule has 6 atom stereocenters. The number of carboxylic acids is 1. The van der Waals surface area contributed by atoms with Crippen LogP contribution in [0.3, 0.4) is 0 Å². The Morgan fingerprint density at radius 2 is 1.92 bits per heavy atom. The number of Topliss-reactive ketones (excluding diaryl/α,β-unsaturated/α-hetero) is 1. The first kappa shape index (κ1) is 19.6. The molecule has 0 aliphatic heterocycles. The highest BCUT2D eigenvalue weighted by molar-refractivity contribution is 6.01. The van der Waals surface area contributed by atoms with Crippen molar-refractivity contribution in [3.63, 3.8) is 0 Å². The van der Waals surface area contributed by atoms with E-state index in [-0.39, 0.29) is 29.0 Å². The molecule has 2 fully saturated rings. The number of ether oxygens (including phenoxy) is 1. The highest BCUT2D eigenvalue weighted by Crippen LogP contribution is 2.63. The number of carbonyl (C=O) groups is 2. The lowest BCUT2D eigenvalue weighted by atomic mass is 9.44. The van der Waals surface area contributed by atoms with Gasteiger partial charge in [0.05, 0.1) is 11.0 Å². The Balaban J connectivity index is 2.15. The Morgan fingerprint density at radius 1 is 1.27 bits per heavy atom. The molecule has 3 aliphatic rings. The molecule has 0 radical (unpaired) electrons. The highest BCUT2D eigenvalue weighted by Gasteiger charge is 2.64. The zero-order chi connectivity index (χ0) is 19.5. The summed E-state index contributed by atoms with van der Waals surface area (Å²) in [6.45, 7) is 7.84. The van der Waals surface area contributed by atoms with Gasteiger partial charge >= 0.3 is 5.97 Å². The summed E-state index contributed by atoms with van der Waals surface area (Å²) in [5, 5.41) is 21.0. The van der Waals surface area contributed by atoms with E-state index in [9.17, 15) is 19.8 Å². The maximum absolute atomic E-state index is 13.3. The molecular formula is C21H32O5. The van der Waals surface area contributed by atoms with Gasteiger partial charge in [-0.05, 0) is 55.9 Å². The molecule has 0 aromatic rings. The number of aliphatic hydroxyl groups is 1. The van der Waals surface area contributed by atoms with Crippen molar-refractivity contribution in [2.45, 2.75) is 71.5 Å². The van der Waals surface area contributed by atoms with Crippen molar-refractivity contribution in [2.24, 2.45) is 28.6 Å². The molecule has 146 valence electrons. The molecule has 0 heterocycles. The maximum atomic E-state index is 13.3. The van der Waals surface area contributed by atoms with Gasteiger partial charge in [-0.2, -0.15) is 0 Å². The SMILES string of the molecule is CO[C@H]1C(=O)C2=C[C@@](O)(C(C)C)CC[C@@H]2[C@@]2(C)CCC[C@@](C)(C(=O)O)[C@H]12. The predicted molar refractivity (Wildman–Crippen MR) is 97.6 cm³/mol. The van der Waals surface area contributed by atoms with Crippen LogP contribution in [-0.4, -0.2) is 40.8 Å². The van der Waals surface area contributed by atoms with Crippen molar-refractivity contribution < 1.29 is 24.5 Å². The van der Waals surface area contributed by atoms with E-state index in [4.69, 9.17) is 4.74 Å². The van der Waals surface area contributed by atoms with Gasteiger partial charge in [-0.15, -0.1) is 0 Å². The number of hydrogen-bond acceptors (Lipinski definition) is 4. The Labute approximate surface area is 155 Å². The van der Waals surface area contributed by atoms with Crippen molar-refractivity contribution >= 4 is 11.8 Å². The van der Waals surface area contributed by atoms with Gasteiger partial charge in [-0.3, -0.25) is 9.59 Å². The molecule has 0 saturated heterocycles. The Bertz CT molecular complexity index is 653. The van der Waals surface area contributed by atoms with Crippen LogP contribution in [0.2, 0.25) is 0 Å². The molecule has 0 aromatic heterocycles. The van der Waals surface area contributed by atoms with Crippen molar-refractivity contribution in [1.29, 1.82) is 0 Å². The fraction of sp³-hybridized carbons (Fsp3) is 0.810. The summed E-state index contributed by atoms with van der Waals surface area (Å²) in [4.78, 5) is 25.5. The molecule has 0 spiro atoms. The van der Waals surface area contributed by atoms with Crippen LogP contribution < -0.4 is 0 Å². The van der Waals surface area contributed by atoms with Gasteiger partial charge in [0.1, 0.15) is 6.10 Å². The zero-order valence-corrected chi connectivity index (χ0v) is 16.5. The normalized spacial score (nSPS) is 45.7. The molecule has 2 saturated carbocycles. The van der Waals surface area contributed by atoms with Gasteiger partial charge in [0.15, 0.2) is 5.78 Å². The van der Waals surface area contributed by atoms with Crippen LogP contribution >= 0.6 is 0 Å². The van der Waals surface area contributed by atoms with Crippen molar-refractivity contribution in [2.75, 3.05) is 7.11 Å². The molecule has 3 aliphatic carbocycles. The zero-order valence-electron chi connectivity index (χ0n) is 16.5. The standard InChI is InChI=1S/C21H32O5/c1-12(2)21(25)10-7-14-13(11-21)15(22)16(26-5)17-19(14,3)8-6-9-20(17,4)18(23)24/h11-12,14,16-17,25H,6-10H2,1-5H3,(H,23,24)/t14-,16-,17+,19+,20+,21+/m0/s1. The van der Waals surface area contributed by atoms with Crippen LogP contribution in [0.25, 0.3) is 0 Å². The Kier molecular flexibility index (Phi) is 4.64. The van der Waals surface area contributed by atoms with E-state index in [0.717, 1.165) is 12.8 Å². The molecule has 3 rings (SSSR count). The summed E-state index contributed by atoms with van der Waals surface area (Å²) in [5.74, 6) is -1.32. The van der Waals surface area contributed by atoms with Crippen LogP contribution in [0, 0.1) is 28.6 Å². The lowest BCUT2D eigenvalue weighted by molar-refractivity contribution is -0.184. The number of rotatable bonds is 3. The first-order chi connectivity index (χ1) is 12.0. The first-order valence-electron chi connectivity index (χ1n) is 9.77. The predicted octanol–water partition coefficient (Wildman–Crippen LogP) is 3.20. The fourth-order valence-electron chi connectivity index (χ4n) is 6.10. The average Bonchev–Trinajstić information content (AvgIpc) is 2.56. The molecule has 5 heteroatoms. The number of carboxylic acid groups (broad SMARTS) is 1. The molecule has 5 nitrogen and oxygen atoms in total. The number of carbonyl (C=O) groups excluding carboxylic acids is 1. The van der Waals surface area contributed by atoms with Crippen LogP contribution in [0.15, 0.2) is 11.6 Å². The van der Waals surface area contributed by atoms with Gasteiger partial charge < -0.3 is 14.9 Å². The van der Waals surface area contributed by atoms with E-state index in [2.05, 4.69) is 6.92 Å². The molecular weight excluding hydrogens is 332 g/mol. The van der Waals surface area contributed by atoms with Crippen molar-refractivity contribution in [3.8, 4) is 0 Å². The smallest absolute Gasteiger partial charge is 0.309 e. The molecule has 0 aromatic carbocycles. The van der Waals surface area contributed by atoms with E-state index in [1.54, 1.807) is 13.0 Å². The van der Waals surface area contributed by atoms with Crippen molar-refractivity contribution in [3.05, 3.63) is 11.6 Å². The summed E-state index contributed by atoms with van der Waals surface area (Å²) in [6.07, 6.45) is 4.61. The molecule has 0 bridgehead atoms. The second-order valence-corrected chi connectivity index (χ2v) is 9.42. The minimum Gasteiger partial charge on any atom is -0.481 e. The van der Waals surface area contributed by atoms with Crippen LogP contribution in [0.1, 0.15) is 59.8 Å². The number of fused-ring (bicyclic) bond motifs is 3. The van der Waals surface area contributed by atoms with E-state index < -0.39 is 23.1 Å². The van der Waals surface area contributed by atoms with E-state index in [0.29, 0.717) is 24.8 Å². The first-order valence-corrected chi connectivity index (χ1v) is 9.77. The monoisotopic (exact) mass is 364 g/mol. The summed E-state index contributed by atoms with van der Waals surface area (Å²) in [5.41, 5.74) is -1.61. The summed E-state index contributed by atoms with van der Waals surface area (Å²) < 4.78 is 5.63. The number of methoxy groups -OCH3 is 1. The number of ketones is 1. The van der Waals surface area contributed by atoms with E-state index >= 15 is 0 Å². The van der Waals surface area contributed by atoms with Gasteiger partial charge in [-0.25, -0.2) is 0 Å². The van der Waals surface area contributed by atoms with Crippen LogP contribution in [0.5, 0.6) is 0 Å². The summed E-state index contributed by atoms with van der Waals surface area (Å²) >= 11 is 0. The Morgan fingerprint density at radius 3 is 2.46 bits per heavy atom. The van der Waals surface area contributed by atoms with Gasteiger partial charge in [0.2, 0.25) is 0 Å². The number of aliphatic carboxylic acids is 1. The molecule has 2 N–H and O–H groups in total. The van der Waals surface area contributed by atoms with E-state index in [1.165, 1.54) is 7.11 Å². The van der Waals surface area contributed by atoms with E-state index in [1.807, 2.05) is 13.8 Å². The van der Waals surface area contributed by atoms with Gasteiger partial charge in [-0.1, -0.05) is 27.2 Å². The summed E-state index contributed by atoms with van der Waals surface area (Å²) in [7, 11) is 1.50. The average molecular weight is 364 g/mol. The lowest BCUT2D eigenvalue weighted by Gasteiger charge is -2.60. The third-order valence-corrected chi connectivity index (χ3v) is 7.81. The lowest BCUT2D eigenvalue weighted by Crippen LogP contribution is -2.63. The van der Waals surface area contributed by atoms with Crippen molar-refractivity contribution in [1.82, 2.24) is 0 Å². The minimum absolute atomic E-state index is 0.00981. The number of hydrogen-bond donors (Lipinski definition) is 2. The summed E-state index contributed by atoms with van der Waals surface area (Å²) in [6, 6.07) is 0. The molecule has 26 heavy (non-hydrogen) atoms. The Hall–Kier alpha value is -1.20. The third kappa shape index (κ3) is 2.50. The topological polar surface area (TPSA) is 83.8 Å². The van der Waals surface area contributed by atoms with Crippen LogP contribution in [0.4, 0.5) is 0 Å².